The van der Waals surface area contributed by atoms with E-state index in [1.165, 1.54) is 34.4 Å². The Morgan fingerprint density at radius 1 is 0.818 bits per heavy atom. The van der Waals surface area contributed by atoms with E-state index in [0.717, 1.165) is 12.8 Å². The molecular formula is C27H23O5S-. The van der Waals surface area contributed by atoms with Crippen molar-refractivity contribution in [3.05, 3.63) is 94.0 Å². The average Bonchev–Trinajstić information content (AvgIpc) is 2.83. The van der Waals surface area contributed by atoms with E-state index in [4.69, 9.17) is 4.74 Å². The van der Waals surface area contributed by atoms with Gasteiger partial charge in [0.25, 0.3) is 0 Å². The summed E-state index contributed by atoms with van der Waals surface area (Å²) in [4.78, 5) is 13.4. The summed E-state index contributed by atoms with van der Waals surface area (Å²) in [6, 6.07) is 19.4. The summed E-state index contributed by atoms with van der Waals surface area (Å²) in [6.45, 7) is 0. The van der Waals surface area contributed by atoms with Crippen LogP contribution in [0.25, 0.3) is 0 Å². The molecule has 0 N–H and O–H groups in total. The minimum absolute atomic E-state index is 0.0629. The topological polar surface area (TPSA) is 83.5 Å². The second kappa shape index (κ2) is 7.54. The maximum absolute atomic E-state index is 13.5. The molecule has 4 aliphatic rings. The van der Waals surface area contributed by atoms with Crippen molar-refractivity contribution in [2.24, 2.45) is 5.92 Å². The minimum Gasteiger partial charge on any atom is -0.744 e. The smallest absolute Gasteiger partial charge is 0.315 e. The average molecular weight is 460 g/mol. The monoisotopic (exact) mass is 459 g/mol. The first-order valence-corrected chi connectivity index (χ1v) is 12.8. The Kier molecular flexibility index (Phi) is 4.71. The molecule has 33 heavy (non-hydrogen) atoms. The van der Waals surface area contributed by atoms with Gasteiger partial charge in [-0.25, -0.2) is 8.42 Å². The van der Waals surface area contributed by atoms with Gasteiger partial charge in [-0.1, -0.05) is 48.5 Å². The number of carbonyl (C=O) groups is 1. The van der Waals surface area contributed by atoms with Crippen molar-refractivity contribution < 1.29 is 22.5 Å². The molecule has 0 fully saturated rings. The molecule has 0 spiro atoms. The molecule has 0 radical (unpaired) electrons. The number of benzene rings is 3. The molecule has 0 aromatic heterocycles. The summed E-state index contributed by atoms with van der Waals surface area (Å²) in [5.74, 6) is -0.125. The standard InChI is InChI=1S/C27H24O5S/c28-27(32-24-13-14-25(33(29,30)31)19-10-4-3-9-18(19)24)23-15-22-16-7-1-5-11-20(16)26(23)21-12-6-2-8-17(21)22/h1-2,5-8,11-14,22-23,26H,3-4,9-10,15H2,(H,29,30,31)/p-1. The lowest BCUT2D eigenvalue weighted by molar-refractivity contribution is -0.140. The zero-order chi connectivity index (χ0) is 22.7. The van der Waals surface area contributed by atoms with E-state index in [1.807, 2.05) is 24.3 Å². The molecule has 3 aromatic carbocycles. The third-order valence-electron chi connectivity index (χ3n) is 7.54. The van der Waals surface area contributed by atoms with Crippen molar-refractivity contribution in [2.75, 3.05) is 0 Å². The van der Waals surface area contributed by atoms with Crippen molar-refractivity contribution in [2.45, 2.75) is 48.8 Å². The molecule has 2 bridgehead atoms. The minimum atomic E-state index is -4.57. The summed E-state index contributed by atoms with van der Waals surface area (Å²) >= 11 is 0. The third kappa shape index (κ3) is 3.23. The maximum Gasteiger partial charge on any atom is 0.315 e. The van der Waals surface area contributed by atoms with E-state index in [2.05, 4.69) is 24.3 Å². The van der Waals surface area contributed by atoms with Crippen molar-refractivity contribution >= 4 is 16.1 Å². The van der Waals surface area contributed by atoms with Crippen molar-refractivity contribution in [1.29, 1.82) is 0 Å². The van der Waals surface area contributed by atoms with Crippen LogP contribution >= 0.6 is 0 Å². The van der Waals surface area contributed by atoms with Crippen LogP contribution in [0.3, 0.4) is 0 Å². The molecule has 4 aliphatic carbocycles. The van der Waals surface area contributed by atoms with E-state index in [9.17, 15) is 17.8 Å². The van der Waals surface area contributed by atoms with Crippen molar-refractivity contribution in [3.8, 4) is 5.75 Å². The van der Waals surface area contributed by atoms with Gasteiger partial charge in [0, 0.05) is 11.8 Å². The Morgan fingerprint density at radius 3 is 2.00 bits per heavy atom. The molecule has 5 nitrogen and oxygen atoms in total. The van der Waals surface area contributed by atoms with E-state index in [-0.39, 0.29) is 28.6 Å². The summed E-state index contributed by atoms with van der Waals surface area (Å²) in [5.41, 5.74) is 6.14. The molecule has 1 unspecified atom stereocenters. The number of esters is 1. The van der Waals surface area contributed by atoms with Crippen LogP contribution < -0.4 is 4.74 Å². The first kappa shape index (κ1) is 20.6. The van der Waals surface area contributed by atoms with Crippen LogP contribution in [-0.4, -0.2) is 18.9 Å². The van der Waals surface area contributed by atoms with Crippen molar-refractivity contribution in [1.82, 2.24) is 0 Å². The number of fused-ring (bicyclic) bond motifs is 2. The molecule has 0 saturated heterocycles. The Balaban J connectivity index is 1.38. The first-order valence-electron chi connectivity index (χ1n) is 11.4. The van der Waals surface area contributed by atoms with Crippen LogP contribution in [-0.2, 0) is 27.8 Å². The normalized spacial score (nSPS) is 22.8. The van der Waals surface area contributed by atoms with Gasteiger partial charge < -0.3 is 9.29 Å². The number of hydrogen-bond donors (Lipinski definition) is 0. The van der Waals surface area contributed by atoms with Gasteiger partial charge in [0.2, 0.25) is 0 Å². The molecule has 3 aromatic rings. The Labute approximate surface area is 193 Å². The summed E-state index contributed by atoms with van der Waals surface area (Å²) in [7, 11) is -4.57. The van der Waals surface area contributed by atoms with Gasteiger partial charge in [-0.05, 0) is 77.6 Å². The zero-order valence-electron chi connectivity index (χ0n) is 18.0. The number of rotatable bonds is 3. The number of hydrogen-bond acceptors (Lipinski definition) is 5. The second-order valence-corrected chi connectivity index (χ2v) is 10.6. The van der Waals surface area contributed by atoms with Gasteiger partial charge in [-0.15, -0.1) is 0 Å². The summed E-state index contributed by atoms with van der Waals surface area (Å²) in [5, 5.41) is 0. The van der Waals surface area contributed by atoms with E-state index in [1.54, 1.807) is 0 Å². The predicted octanol–water partition coefficient (Wildman–Crippen LogP) is 4.67. The van der Waals surface area contributed by atoms with Crippen LogP contribution in [0.2, 0.25) is 0 Å². The first-order chi connectivity index (χ1) is 15.9. The van der Waals surface area contributed by atoms with Gasteiger partial charge >= 0.3 is 5.97 Å². The third-order valence-corrected chi connectivity index (χ3v) is 8.46. The molecular weight excluding hydrogens is 436 g/mol. The highest BCUT2D eigenvalue weighted by Gasteiger charge is 2.46. The number of carbonyl (C=O) groups excluding carboxylic acids is 1. The van der Waals surface area contributed by atoms with Gasteiger partial charge in [0.15, 0.2) is 0 Å². The van der Waals surface area contributed by atoms with Gasteiger partial charge in [-0.2, -0.15) is 0 Å². The van der Waals surface area contributed by atoms with Crippen LogP contribution in [0.5, 0.6) is 5.75 Å². The van der Waals surface area contributed by atoms with Crippen LogP contribution in [0.1, 0.15) is 64.5 Å². The quantitative estimate of drug-likeness (QED) is 0.323. The Morgan fingerprint density at radius 2 is 1.39 bits per heavy atom. The Bertz CT molecular complexity index is 1340. The number of ether oxygens (including phenoxy) is 1. The SMILES string of the molecule is O=C(Oc1ccc(S(=O)(=O)[O-])c2c1CCCC2)C1CC2c3ccccc3C1c1ccccc12. The highest BCUT2D eigenvalue weighted by molar-refractivity contribution is 7.85. The van der Waals surface area contributed by atoms with Gasteiger partial charge in [0.1, 0.15) is 15.9 Å². The molecule has 0 saturated carbocycles. The lowest BCUT2D eigenvalue weighted by atomic mass is 9.59. The fourth-order valence-electron chi connectivity index (χ4n) is 6.18. The van der Waals surface area contributed by atoms with Gasteiger partial charge in [-0.3, -0.25) is 4.79 Å². The predicted molar refractivity (Wildman–Crippen MR) is 121 cm³/mol. The van der Waals surface area contributed by atoms with Crippen LogP contribution in [0.4, 0.5) is 0 Å². The fraction of sp³-hybridized carbons (Fsp3) is 0.296. The van der Waals surface area contributed by atoms with E-state index in [0.29, 0.717) is 36.1 Å². The molecule has 0 heterocycles. The highest BCUT2D eigenvalue weighted by atomic mass is 32.2. The van der Waals surface area contributed by atoms with Gasteiger partial charge in [0.05, 0.1) is 10.8 Å². The summed E-state index contributed by atoms with van der Waals surface area (Å²) < 4.78 is 41.2. The molecule has 168 valence electrons. The molecule has 6 heteroatoms. The maximum atomic E-state index is 13.5. The molecule has 7 rings (SSSR count). The van der Waals surface area contributed by atoms with E-state index < -0.39 is 10.1 Å². The van der Waals surface area contributed by atoms with Crippen LogP contribution in [0.15, 0.2) is 65.6 Å². The van der Waals surface area contributed by atoms with E-state index >= 15 is 0 Å². The lowest BCUT2D eigenvalue weighted by Crippen LogP contribution is -2.38. The largest absolute Gasteiger partial charge is 0.744 e. The fourth-order valence-corrected chi connectivity index (χ4v) is 6.95. The molecule has 0 amide bonds. The lowest BCUT2D eigenvalue weighted by Gasteiger charge is -2.44. The zero-order valence-corrected chi connectivity index (χ0v) is 18.8. The Hall–Kier alpha value is -2.96. The molecule has 1 atom stereocenters. The van der Waals surface area contributed by atoms with Crippen molar-refractivity contribution in [3.63, 3.8) is 0 Å². The van der Waals surface area contributed by atoms with Crippen LogP contribution in [0, 0.1) is 5.92 Å². The molecule has 0 aliphatic heterocycles. The second-order valence-electron chi connectivity index (χ2n) is 9.23. The summed E-state index contributed by atoms with van der Waals surface area (Å²) in [6.07, 6.45) is 3.48. The highest BCUT2D eigenvalue weighted by Crippen LogP contribution is 2.55.